The molecule has 0 saturated carbocycles. The maximum absolute atomic E-state index is 13.4. The molecule has 1 fully saturated rings. The third-order valence-corrected chi connectivity index (χ3v) is 4.76. The van der Waals surface area contributed by atoms with Crippen molar-refractivity contribution < 1.29 is 18.5 Å². The van der Waals surface area contributed by atoms with Gasteiger partial charge in [0.2, 0.25) is 0 Å². The molecule has 3 rings (SSSR count). The van der Waals surface area contributed by atoms with Crippen LogP contribution in [0.3, 0.4) is 0 Å². The number of benzene rings is 2. The van der Waals surface area contributed by atoms with Crippen LogP contribution in [0, 0.1) is 11.6 Å². The molecule has 2 aromatic carbocycles. The Morgan fingerprint density at radius 3 is 2.39 bits per heavy atom. The van der Waals surface area contributed by atoms with Gasteiger partial charge < -0.3 is 19.9 Å². The molecule has 1 aliphatic rings. The molecule has 0 bridgehead atoms. The average Bonchev–Trinajstić information content (AvgIpc) is 2.69. The van der Waals surface area contributed by atoms with Gasteiger partial charge in [-0.25, -0.2) is 8.78 Å². The maximum Gasteiger partial charge on any atom is 0.406 e. The maximum atomic E-state index is 13.4. The van der Waals surface area contributed by atoms with E-state index >= 15 is 0 Å². The quantitative estimate of drug-likeness (QED) is 0.537. The van der Waals surface area contributed by atoms with E-state index in [1.165, 1.54) is 12.1 Å². The SMILES string of the molecule is CB(O)Nc1ccc(OCCCN2CCN(c3ccc(F)c(F)c3)CC2)cc1. The standard InChI is InChI=1S/C20H26BF2N3O2/c1-21(27)24-16-3-6-18(7-4-16)28-14-2-9-25-10-12-26(13-11-25)17-5-8-19(22)20(23)15-17/h3-8,15,24,27H,2,9-14H2,1H3. The van der Waals surface area contributed by atoms with Gasteiger partial charge in [0.1, 0.15) is 5.75 Å². The van der Waals surface area contributed by atoms with Crippen LogP contribution >= 0.6 is 0 Å². The van der Waals surface area contributed by atoms with E-state index in [-0.39, 0.29) is 0 Å². The smallest absolute Gasteiger partial charge is 0.406 e. The van der Waals surface area contributed by atoms with Gasteiger partial charge in [0.15, 0.2) is 11.6 Å². The van der Waals surface area contributed by atoms with Crippen LogP contribution in [0.25, 0.3) is 0 Å². The van der Waals surface area contributed by atoms with E-state index < -0.39 is 18.7 Å². The van der Waals surface area contributed by atoms with Crippen molar-refractivity contribution in [3.8, 4) is 5.75 Å². The fraction of sp³-hybridized carbons (Fsp3) is 0.400. The first-order valence-electron chi connectivity index (χ1n) is 9.61. The van der Waals surface area contributed by atoms with E-state index in [4.69, 9.17) is 4.74 Å². The molecule has 0 radical (unpaired) electrons. The molecule has 0 spiro atoms. The van der Waals surface area contributed by atoms with Gasteiger partial charge in [-0.2, -0.15) is 0 Å². The molecule has 0 atom stereocenters. The average molecular weight is 389 g/mol. The number of rotatable bonds is 8. The van der Waals surface area contributed by atoms with Crippen LogP contribution in [-0.2, 0) is 0 Å². The van der Waals surface area contributed by atoms with Crippen molar-refractivity contribution in [1.29, 1.82) is 0 Å². The van der Waals surface area contributed by atoms with E-state index in [1.807, 2.05) is 24.3 Å². The summed E-state index contributed by atoms with van der Waals surface area (Å²) in [6, 6.07) is 11.6. The molecule has 0 aliphatic carbocycles. The summed E-state index contributed by atoms with van der Waals surface area (Å²) in [7, 11) is -0.589. The highest BCUT2D eigenvalue weighted by Crippen LogP contribution is 2.20. The number of halogens is 2. The van der Waals surface area contributed by atoms with Crippen molar-refractivity contribution in [2.75, 3.05) is 49.5 Å². The van der Waals surface area contributed by atoms with Crippen LogP contribution in [0.5, 0.6) is 5.75 Å². The van der Waals surface area contributed by atoms with Crippen molar-refractivity contribution in [3.63, 3.8) is 0 Å². The summed E-state index contributed by atoms with van der Waals surface area (Å²) < 4.78 is 32.2. The minimum atomic E-state index is -0.809. The van der Waals surface area contributed by atoms with Crippen molar-refractivity contribution >= 4 is 18.4 Å². The van der Waals surface area contributed by atoms with E-state index in [2.05, 4.69) is 15.0 Å². The molecule has 8 heteroatoms. The predicted octanol–water partition coefficient (Wildman–Crippen LogP) is 3.08. The summed E-state index contributed by atoms with van der Waals surface area (Å²) >= 11 is 0. The number of ether oxygens (including phenoxy) is 1. The molecule has 150 valence electrons. The number of piperazine rings is 1. The van der Waals surface area contributed by atoms with Crippen LogP contribution in [-0.4, -0.2) is 56.3 Å². The first-order chi connectivity index (χ1) is 13.5. The number of hydrogen-bond acceptors (Lipinski definition) is 5. The van der Waals surface area contributed by atoms with Crippen molar-refractivity contribution in [1.82, 2.24) is 4.90 Å². The van der Waals surface area contributed by atoms with Crippen molar-refractivity contribution in [2.24, 2.45) is 0 Å². The number of nitrogens with one attached hydrogen (secondary N) is 1. The lowest BCUT2D eigenvalue weighted by atomic mass is 9.88. The van der Waals surface area contributed by atoms with Gasteiger partial charge in [0.25, 0.3) is 0 Å². The Hall–Kier alpha value is -2.32. The summed E-state index contributed by atoms with van der Waals surface area (Å²) in [5.41, 5.74) is 1.58. The molecule has 1 saturated heterocycles. The lowest BCUT2D eigenvalue weighted by molar-refractivity contribution is 0.224. The van der Waals surface area contributed by atoms with Gasteiger partial charge >= 0.3 is 7.05 Å². The van der Waals surface area contributed by atoms with E-state index in [0.29, 0.717) is 6.61 Å². The van der Waals surface area contributed by atoms with Crippen molar-refractivity contribution in [2.45, 2.75) is 13.2 Å². The summed E-state index contributed by atoms with van der Waals surface area (Å²) in [6.45, 7) is 6.60. The fourth-order valence-corrected chi connectivity index (χ4v) is 3.28. The predicted molar refractivity (Wildman–Crippen MR) is 109 cm³/mol. The lowest BCUT2D eigenvalue weighted by Gasteiger charge is -2.36. The zero-order valence-electron chi connectivity index (χ0n) is 16.1. The second kappa shape index (κ2) is 9.75. The Morgan fingerprint density at radius 2 is 1.75 bits per heavy atom. The molecule has 2 aromatic rings. The minimum Gasteiger partial charge on any atom is -0.494 e. The number of hydrogen-bond donors (Lipinski definition) is 2. The zero-order chi connectivity index (χ0) is 19.9. The van der Waals surface area contributed by atoms with Crippen LogP contribution < -0.4 is 14.9 Å². The number of anilines is 2. The molecule has 5 nitrogen and oxygen atoms in total. The van der Waals surface area contributed by atoms with Crippen LogP contribution in [0.15, 0.2) is 42.5 Å². The molecule has 0 unspecified atom stereocenters. The Bertz CT molecular complexity index is 754. The molecule has 28 heavy (non-hydrogen) atoms. The number of nitrogens with zero attached hydrogens (tertiary/aromatic N) is 2. The highest BCUT2D eigenvalue weighted by molar-refractivity contribution is 6.52. The van der Waals surface area contributed by atoms with Gasteiger partial charge in [0.05, 0.1) is 6.61 Å². The third kappa shape index (κ3) is 5.84. The minimum absolute atomic E-state index is 0.589. The molecule has 2 N–H and O–H groups in total. The Morgan fingerprint density at radius 1 is 1.04 bits per heavy atom. The van der Waals surface area contributed by atoms with Gasteiger partial charge in [-0.3, -0.25) is 4.90 Å². The second-order valence-electron chi connectivity index (χ2n) is 6.97. The van der Waals surface area contributed by atoms with Gasteiger partial charge in [-0.1, -0.05) is 0 Å². The highest BCUT2D eigenvalue weighted by Gasteiger charge is 2.18. The van der Waals surface area contributed by atoms with E-state index in [1.54, 1.807) is 12.9 Å². The molecule has 0 aromatic heterocycles. The summed E-state index contributed by atoms with van der Waals surface area (Å²) in [5, 5.41) is 12.2. The first-order valence-corrected chi connectivity index (χ1v) is 9.61. The second-order valence-corrected chi connectivity index (χ2v) is 6.97. The lowest BCUT2D eigenvalue weighted by Crippen LogP contribution is -2.46. The largest absolute Gasteiger partial charge is 0.494 e. The monoisotopic (exact) mass is 389 g/mol. The van der Waals surface area contributed by atoms with Gasteiger partial charge in [-0.15, -0.1) is 0 Å². The molecule has 1 aliphatic heterocycles. The Balaban J connectivity index is 1.35. The van der Waals surface area contributed by atoms with E-state index in [0.717, 1.165) is 56.3 Å². The van der Waals surface area contributed by atoms with Crippen LogP contribution in [0.2, 0.25) is 6.82 Å². The van der Waals surface area contributed by atoms with Crippen LogP contribution in [0.4, 0.5) is 20.2 Å². The molecular formula is C20H26BF2N3O2. The van der Waals surface area contributed by atoms with E-state index in [9.17, 15) is 13.8 Å². The summed E-state index contributed by atoms with van der Waals surface area (Å²) in [5.74, 6) is -0.803. The zero-order valence-corrected chi connectivity index (χ0v) is 16.1. The first kappa shape index (κ1) is 20.4. The Labute approximate surface area is 165 Å². The van der Waals surface area contributed by atoms with Gasteiger partial charge in [0, 0.05) is 50.2 Å². The van der Waals surface area contributed by atoms with Crippen LogP contribution in [0.1, 0.15) is 6.42 Å². The summed E-state index contributed by atoms with van der Waals surface area (Å²) in [4.78, 5) is 4.44. The molecule has 0 amide bonds. The topological polar surface area (TPSA) is 48.0 Å². The summed E-state index contributed by atoms with van der Waals surface area (Å²) in [6.07, 6.45) is 0.916. The third-order valence-electron chi connectivity index (χ3n) is 4.76. The fourth-order valence-electron chi connectivity index (χ4n) is 3.28. The highest BCUT2D eigenvalue weighted by atomic mass is 19.2. The van der Waals surface area contributed by atoms with Gasteiger partial charge in [-0.05, 0) is 49.6 Å². The normalized spacial score (nSPS) is 14.8. The van der Waals surface area contributed by atoms with Crippen molar-refractivity contribution in [3.05, 3.63) is 54.1 Å². The molecule has 1 heterocycles. The molecular weight excluding hydrogens is 363 g/mol. The Kier molecular flexibility index (Phi) is 7.11.